The maximum Gasteiger partial charge on any atom is 0.275 e. The molecule has 0 aliphatic carbocycles. The van der Waals surface area contributed by atoms with Crippen LogP contribution in [-0.4, -0.2) is 21.8 Å². The molecule has 9 heteroatoms. The second-order valence-corrected chi connectivity index (χ2v) is 6.16. The van der Waals surface area contributed by atoms with Crippen LogP contribution in [-0.2, 0) is 4.79 Å². The minimum Gasteiger partial charge on any atom is -0.339 e. The van der Waals surface area contributed by atoms with E-state index in [1.54, 1.807) is 24.3 Å². The average Bonchev–Trinajstić information content (AvgIpc) is 2.66. The average molecular weight is 400 g/mol. The number of hydrogen-bond donors (Lipinski definition) is 3. The van der Waals surface area contributed by atoms with Gasteiger partial charge in [0, 0.05) is 24.0 Å². The zero-order valence-electron chi connectivity index (χ0n) is 14.7. The van der Waals surface area contributed by atoms with Gasteiger partial charge in [0.2, 0.25) is 5.91 Å². The Labute approximate surface area is 165 Å². The molecule has 0 radical (unpaired) electrons. The summed E-state index contributed by atoms with van der Waals surface area (Å²) in [7, 11) is 0. The van der Waals surface area contributed by atoms with Crippen molar-refractivity contribution in [3.8, 4) is 0 Å². The molecule has 3 N–H and O–H groups in total. The van der Waals surface area contributed by atoms with Gasteiger partial charge in [-0.3, -0.25) is 9.59 Å². The molecular weight excluding hydrogens is 385 g/mol. The summed E-state index contributed by atoms with van der Waals surface area (Å²) in [4.78, 5) is 31.4. The van der Waals surface area contributed by atoms with Crippen molar-refractivity contribution in [3.05, 3.63) is 71.4 Å². The fourth-order valence-electron chi connectivity index (χ4n) is 2.27. The molecule has 3 rings (SSSR count). The van der Waals surface area contributed by atoms with Gasteiger partial charge in [-0.2, -0.15) is 0 Å². The first-order valence-corrected chi connectivity index (χ1v) is 8.51. The lowest BCUT2D eigenvalue weighted by Gasteiger charge is -2.08. The summed E-state index contributed by atoms with van der Waals surface area (Å²) in [5.74, 6) is -0.779. The molecule has 2 aromatic carbocycles. The van der Waals surface area contributed by atoms with Gasteiger partial charge in [0.1, 0.15) is 17.3 Å². The summed E-state index contributed by atoms with van der Waals surface area (Å²) in [5, 5.41) is 8.19. The maximum absolute atomic E-state index is 13.2. The van der Waals surface area contributed by atoms with E-state index in [4.69, 9.17) is 11.6 Å². The van der Waals surface area contributed by atoms with E-state index in [0.29, 0.717) is 17.2 Å². The molecule has 1 aromatic heterocycles. The lowest BCUT2D eigenvalue weighted by Crippen LogP contribution is -2.14. The maximum atomic E-state index is 13.2. The molecule has 2 amide bonds. The molecule has 0 aliphatic rings. The van der Waals surface area contributed by atoms with Gasteiger partial charge in [0.15, 0.2) is 0 Å². The highest BCUT2D eigenvalue weighted by molar-refractivity contribution is 6.31. The first-order chi connectivity index (χ1) is 13.4. The van der Waals surface area contributed by atoms with E-state index in [1.807, 2.05) is 0 Å². The quantitative estimate of drug-likeness (QED) is 0.596. The van der Waals surface area contributed by atoms with E-state index in [2.05, 4.69) is 25.9 Å². The first kappa shape index (κ1) is 19.2. The molecule has 7 nitrogen and oxygen atoms in total. The number of carbonyl (C=O) groups is 2. The van der Waals surface area contributed by atoms with Crippen LogP contribution >= 0.6 is 11.6 Å². The first-order valence-electron chi connectivity index (χ1n) is 8.14. The van der Waals surface area contributed by atoms with Crippen LogP contribution in [0.15, 0.2) is 54.9 Å². The molecule has 0 unspecified atom stereocenters. The van der Waals surface area contributed by atoms with Gasteiger partial charge in [0.05, 0.1) is 17.4 Å². The SMILES string of the molecule is CC(=O)Nc1ccc(Nc2cnc(C(=O)Nc3ccc(F)c(Cl)c3)cn2)cc1. The topological polar surface area (TPSA) is 96.0 Å². The van der Waals surface area contributed by atoms with Gasteiger partial charge < -0.3 is 16.0 Å². The number of carbonyl (C=O) groups excluding carboxylic acids is 2. The summed E-state index contributed by atoms with van der Waals surface area (Å²) in [6.07, 6.45) is 2.72. The molecule has 28 heavy (non-hydrogen) atoms. The smallest absolute Gasteiger partial charge is 0.275 e. The molecule has 3 aromatic rings. The van der Waals surface area contributed by atoms with Crippen LogP contribution in [0.25, 0.3) is 0 Å². The number of amides is 2. The van der Waals surface area contributed by atoms with Crippen molar-refractivity contribution < 1.29 is 14.0 Å². The summed E-state index contributed by atoms with van der Waals surface area (Å²) < 4.78 is 13.2. The Morgan fingerprint density at radius 3 is 2.21 bits per heavy atom. The van der Waals surface area contributed by atoms with Crippen molar-refractivity contribution in [3.63, 3.8) is 0 Å². The van der Waals surface area contributed by atoms with Gasteiger partial charge in [-0.1, -0.05) is 11.6 Å². The zero-order valence-corrected chi connectivity index (χ0v) is 15.4. The largest absolute Gasteiger partial charge is 0.339 e. The van der Waals surface area contributed by atoms with Crippen molar-refractivity contribution in [2.75, 3.05) is 16.0 Å². The number of anilines is 4. The predicted octanol–water partition coefficient (Wildman–Crippen LogP) is 4.22. The standard InChI is InChI=1S/C19H15ClFN5O2/c1-11(27)24-12-2-4-13(5-3-12)25-18-10-22-17(9-23-18)19(28)26-14-6-7-16(21)15(20)8-14/h2-10H,1H3,(H,23,25)(H,24,27)(H,26,28). The van der Waals surface area contributed by atoms with Crippen molar-refractivity contribution in [2.45, 2.75) is 6.92 Å². The van der Waals surface area contributed by atoms with E-state index >= 15 is 0 Å². The van der Waals surface area contributed by atoms with Gasteiger partial charge in [-0.05, 0) is 42.5 Å². The Morgan fingerprint density at radius 2 is 1.61 bits per heavy atom. The van der Waals surface area contributed by atoms with Crippen LogP contribution in [0.3, 0.4) is 0 Å². The highest BCUT2D eigenvalue weighted by Gasteiger charge is 2.10. The van der Waals surface area contributed by atoms with E-state index in [0.717, 1.165) is 11.8 Å². The molecular formula is C19H15ClFN5O2. The summed E-state index contributed by atoms with van der Waals surface area (Å²) in [6, 6.07) is 10.9. The summed E-state index contributed by atoms with van der Waals surface area (Å²) >= 11 is 5.69. The van der Waals surface area contributed by atoms with Crippen LogP contribution in [0.2, 0.25) is 5.02 Å². The third-order valence-electron chi connectivity index (χ3n) is 3.54. The molecule has 0 saturated carbocycles. The van der Waals surface area contributed by atoms with E-state index < -0.39 is 11.7 Å². The molecule has 142 valence electrons. The fraction of sp³-hybridized carbons (Fsp3) is 0.0526. The van der Waals surface area contributed by atoms with Gasteiger partial charge in [0.25, 0.3) is 5.91 Å². The third kappa shape index (κ3) is 5.01. The van der Waals surface area contributed by atoms with E-state index in [-0.39, 0.29) is 16.6 Å². The Morgan fingerprint density at radius 1 is 0.929 bits per heavy atom. The van der Waals surface area contributed by atoms with Gasteiger partial charge in [-0.15, -0.1) is 0 Å². The Balaban J connectivity index is 1.63. The predicted molar refractivity (Wildman–Crippen MR) is 105 cm³/mol. The van der Waals surface area contributed by atoms with Crippen LogP contribution in [0, 0.1) is 5.82 Å². The molecule has 0 atom stereocenters. The van der Waals surface area contributed by atoms with Crippen molar-refractivity contribution in [2.24, 2.45) is 0 Å². The highest BCUT2D eigenvalue weighted by atomic mass is 35.5. The normalized spacial score (nSPS) is 10.2. The minimum atomic E-state index is -0.569. The number of nitrogens with zero attached hydrogens (tertiary/aromatic N) is 2. The monoisotopic (exact) mass is 399 g/mol. The molecule has 0 aliphatic heterocycles. The zero-order chi connectivity index (χ0) is 20.1. The number of benzene rings is 2. The van der Waals surface area contributed by atoms with Crippen molar-refractivity contribution in [1.29, 1.82) is 0 Å². The van der Waals surface area contributed by atoms with Crippen LogP contribution in [0.5, 0.6) is 0 Å². The molecule has 0 fully saturated rings. The van der Waals surface area contributed by atoms with Crippen molar-refractivity contribution >= 4 is 46.3 Å². The summed E-state index contributed by atoms with van der Waals surface area (Å²) in [6.45, 7) is 1.43. The van der Waals surface area contributed by atoms with Crippen molar-refractivity contribution in [1.82, 2.24) is 9.97 Å². The fourth-order valence-corrected chi connectivity index (χ4v) is 2.45. The second kappa shape index (κ2) is 8.45. The Kier molecular flexibility index (Phi) is 5.81. The van der Waals surface area contributed by atoms with Crippen LogP contribution in [0.4, 0.5) is 27.3 Å². The van der Waals surface area contributed by atoms with Gasteiger partial charge >= 0.3 is 0 Å². The van der Waals surface area contributed by atoms with E-state index in [1.165, 1.54) is 31.5 Å². The molecule has 0 bridgehead atoms. The highest BCUT2D eigenvalue weighted by Crippen LogP contribution is 2.20. The molecule has 0 saturated heterocycles. The molecule has 1 heterocycles. The molecule has 0 spiro atoms. The Hall–Kier alpha value is -3.52. The third-order valence-corrected chi connectivity index (χ3v) is 3.83. The number of nitrogens with one attached hydrogen (secondary N) is 3. The lowest BCUT2D eigenvalue weighted by atomic mass is 10.2. The van der Waals surface area contributed by atoms with Crippen LogP contribution < -0.4 is 16.0 Å². The second-order valence-electron chi connectivity index (χ2n) is 5.75. The number of halogens is 2. The van der Waals surface area contributed by atoms with Crippen LogP contribution in [0.1, 0.15) is 17.4 Å². The number of hydrogen-bond acceptors (Lipinski definition) is 5. The summed E-state index contributed by atoms with van der Waals surface area (Å²) in [5.41, 5.74) is 1.85. The Bertz CT molecular complexity index is 1010. The number of rotatable bonds is 5. The lowest BCUT2D eigenvalue weighted by molar-refractivity contribution is -0.114. The number of aromatic nitrogens is 2. The van der Waals surface area contributed by atoms with Gasteiger partial charge in [-0.25, -0.2) is 14.4 Å². The minimum absolute atomic E-state index is 0.0898. The van der Waals surface area contributed by atoms with E-state index in [9.17, 15) is 14.0 Å².